The van der Waals surface area contributed by atoms with Crippen LogP contribution in [0.15, 0.2) is 188 Å². The molecule has 0 aliphatic heterocycles. The molecule has 59 heavy (non-hydrogen) atoms. The maximum absolute atomic E-state index is 5.50. The second kappa shape index (κ2) is 12.8. The van der Waals surface area contributed by atoms with E-state index in [1.54, 1.807) is 0 Å². The van der Waals surface area contributed by atoms with E-state index in [0.29, 0.717) is 17.5 Å². The fourth-order valence-corrected chi connectivity index (χ4v) is 9.86. The van der Waals surface area contributed by atoms with Crippen molar-refractivity contribution in [2.24, 2.45) is 0 Å². The van der Waals surface area contributed by atoms with Crippen molar-refractivity contribution in [1.82, 2.24) is 15.0 Å². The van der Waals surface area contributed by atoms with Crippen molar-refractivity contribution in [2.75, 3.05) is 0 Å². The molecule has 1 aliphatic rings. The SMILES string of the molecule is CC1(C)c2ccccc2-c2cc(-c3c(-c4nc(-c5cc6ccccc6c6ccccc56)nc(-c5cc6ccccc6c6ccccc56)n4)ccc4ccccc34)ccc21. The summed E-state index contributed by atoms with van der Waals surface area (Å²) in [6, 6.07) is 67.9. The average molecular weight is 752 g/mol. The van der Waals surface area contributed by atoms with Crippen molar-refractivity contribution in [1.29, 1.82) is 0 Å². The van der Waals surface area contributed by atoms with Crippen molar-refractivity contribution >= 4 is 53.9 Å². The lowest BCUT2D eigenvalue weighted by Crippen LogP contribution is -2.14. The summed E-state index contributed by atoms with van der Waals surface area (Å²) in [5.41, 5.74) is 10.4. The summed E-state index contributed by atoms with van der Waals surface area (Å²) < 4.78 is 0. The molecule has 0 N–H and O–H groups in total. The van der Waals surface area contributed by atoms with E-state index < -0.39 is 0 Å². The molecule has 1 aliphatic carbocycles. The van der Waals surface area contributed by atoms with Gasteiger partial charge in [-0.05, 0) is 106 Å². The van der Waals surface area contributed by atoms with Gasteiger partial charge in [0.1, 0.15) is 0 Å². The Labute approximate surface area is 342 Å². The maximum atomic E-state index is 5.50. The van der Waals surface area contributed by atoms with Crippen LogP contribution < -0.4 is 0 Å². The van der Waals surface area contributed by atoms with Gasteiger partial charge in [-0.15, -0.1) is 0 Å². The van der Waals surface area contributed by atoms with Crippen LogP contribution in [0.2, 0.25) is 0 Å². The van der Waals surface area contributed by atoms with Gasteiger partial charge in [0.2, 0.25) is 0 Å². The van der Waals surface area contributed by atoms with Gasteiger partial charge in [-0.3, -0.25) is 0 Å². The molecule has 276 valence electrons. The zero-order valence-electron chi connectivity index (χ0n) is 32.7. The minimum atomic E-state index is -0.0880. The largest absolute Gasteiger partial charge is 0.208 e. The highest BCUT2D eigenvalue weighted by molar-refractivity contribution is 6.15. The van der Waals surface area contributed by atoms with E-state index in [0.717, 1.165) is 54.7 Å². The number of fused-ring (bicyclic) bond motifs is 10. The first-order chi connectivity index (χ1) is 29.0. The van der Waals surface area contributed by atoms with Crippen LogP contribution in [-0.2, 0) is 5.41 Å². The lowest BCUT2D eigenvalue weighted by Gasteiger charge is -2.21. The van der Waals surface area contributed by atoms with Crippen molar-refractivity contribution in [3.05, 3.63) is 199 Å². The first-order valence-electron chi connectivity index (χ1n) is 20.4. The first kappa shape index (κ1) is 33.6. The van der Waals surface area contributed by atoms with E-state index >= 15 is 0 Å². The molecular weight excluding hydrogens is 715 g/mol. The van der Waals surface area contributed by atoms with E-state index in [4.69, 9.17) is 15.0 Å². The summed E-state index contributed by atoms with van der Waals surface area (Å²) in [5, 5.41) is 11.6. The molecule has 10 aromatic carbocycles. The molecule has 3 nitrogen and oxygen atoms in total. The highest BCUT2D eigenvalue weighted by Gasteiger charge is 2.35. The fraction of sp³-hybridized carbons (Fsp3) is 0.0536. The summed E-state index contributed by atoms with van der Waals surface area (Å²) in [5.74, 6) is 1.93. The predicted molar refractivity (Wildman–Crippen MR) is 247 cm³/mol. The van der Waals surface area contributed by atoms with Crippen LogP contribution in [0.5, 0.6) is 0 Å². The van der Waals surface area contributed by atoms with E-state index in [-0.39, 0.29) is 5.41 Å². The van der Waals surface area contributed by atoms with E-state index in [1.807, 2.05) is 0 Å². The van der Waals surface area contributed by atoms with Crippen LogP contribution in [0.1, 0.15) is 25.0 Å². The van der Waals surface area contributed by atoms with Gasteiger partial charge in [0, 0.05) is 27.7 Å². The van der Waals surface area contributed by atoms with Gasteiger partial charge in [-0.1, -0.05) is 178 Å². The minimum absolute atomic E-state index is 0.0880. The molecule has 3 heteroatoms. The van der Waals surface area contributed by atoms with Gasteiger partial charge < -0.3 is 0 Å². The van der Waals surface area contributed by atoms with E-state index in [1.165, 1.54) is 49.2 Å². The molecule has 0 spiro atoms. The molecular formula is C56H37N3. The lowest BCUT2D eigenvalue weighted by atomic mass is 9.82. The summed E-state index contributed by atoms with van der Waals surface area (Å²) in [6.45, 7) is 4.67. The summed E-state index contributed by atoms with van der Waals surface area (Å²) >= 11 is 0. The standard InChI is InChI=1S/C56H37N3/c1-56(2)50-26-14-13-25-45(50)47-33-37(28-30-51(47)56)52-40-20-8-3-15-34(40)27-29-46(52)53-57-54(48-31-35-16-4-6-18-38(35)41-21-9-11-23-43(41)48)59-55(58-53)49-32-36-17-5-7-19-39(36)42-22-10-12-24-44(42)49/h3-33H,1-2H3. The van der Waals surface area contributed by atoms with Crippen LogP contribution >= 0.6 is 0 Å². The van der Waals surface area contributed by atoms with Gasteiger partial charge in [-0.25, -0.2) is 15.0 Å². The molecule has 0 radical (unpaired) electrons. The van der Waals surface area contributed by atoms with Gasteiger partial charge >= 0.3 is 0 Å². The molecule has 0 saturated heterocycles. The molecule has 0 bridgehead atoms. The minimum Gasteiger partial charge on any atom is -0.208 e. The number of benzene rings is 10. The van der Waals surface area contributed by atoms with E-state index in [2.05, 4.69) is 202 Å². The van der Waals surface area contributed by atoms with Crippen LogP contribution in [0, 0.1) is 0 Å². The Morgan fingerprint density at radius 3 is 1.37 bits per heavy atom. The van der Waals surface area contributed by atoms with Crippen molar-refractivity contribution in [3.63, 3.8) is 0 Å². The molecule has 1 aromatic heterocycles. The Morgan fingerprint density at radius 2 is 0.763 bits per heavy atom. The second-order valence-electron chi connectivity index (χ2n) is 16.3. The number of nitrogens with zero attached hydrogens (tertiary/aromatic N) is 3. The molecule has 12 rings (SSSR count). The van der Waals surface area contributed by atoms with Crippen LogP contribution in [0.3, 0.4) is 0 Å². The highest BCUT2D eigenvalue weighted by Crippen LogP contribution is 2.51. The van der Waals surface area contributed by atoms with Crippen molar-refractivity contribution < 1.29 is 0 Å². The molecule has 11 aromatic rings. The number of hydrogen-bond acceptors (Lipinski definition) is 3. The topological polar surface area (TPSA) is 38.7 Å². The van der Waals surface area contributed by atoms with Crippen molar-refractivity contribution in [2.45, 2.75) is 19.3 Å². The fourth-order valence-electron chi connectivity index (χ4n) is 9.86. The smallest absolute Gasteiger partial charge is 0.164 e. The van der Waals surface area contributed by atoms with Gasteiger partial charge in [-0.2, -0.15) is 0 Å². The molecule has 0 amide bonds. The van der Waals surface area contributed by atoms with Crippen molar-refractivity contribution in [3.8, 4) is 56.4 Å². The van der Waals surface area contributed by atoms with Gasteiger partial charge in [0.15, 0.2) is 17.5 Å². The Bertz CT molecular complexity index is 3410. The quantitative estimate of drug-likeness (QED) is 0.168. The number of rotatable bonds is 4. The maximum Gasteiger partial charge on any atom is 0.164 e. The third-order valence-electron chi connectivity index (χ3n) is 12.7. The average Bonchev–Trinajstić information content (AvgIpc) is 3.53. The normalized spacial score (nSPS) is 13.1. The highest BCUT2D eigenvalue weighted by atomic mass is 15.0. The number of aromatic nitrogens is 3. The Balaban J connectivity index is 1.18. The predicted octanol–water partition coefficient (Wildman–Crippen LogP) is 14.6. The summed E-state index contributed by atoms with van der Waals surface area (Å²) in [7, 11) is 0. The molecule has 0 fully saturated rings. The third-order valence-corrected chi connectivity index (χ3v) is 12.7. The second-order valence-corrected chi connectivity index (χ2v) is 16.3. The zero-order valence-corrected chi connectivity index (χ0v) is 32.7. The third kappa shape index (κ3) is 5.11. The molecule has 0 atom stereocenters. The molecule has 0 unspecified atom stereocenters. The summed E-state index contributed by atoms with van der Waals surface area (Å²) in [4.78, 5) is 16.4. The Morgan fingerprint density at radius 1 is 0.305 bits per heavy atom. The van der Waals surface area contributed by atoms with Crippen LogP contribution in [-0.4, -0.2) is 15.0 Å². The monoisotopic (exact) mass is 751 g/mol. The Kier molecular flexibility index (Phi) is 7.27. The van der Waals surface area contributed by atoms with Crippen LogP contribution in [0.25, 0.3) is 110 Å². The summed E-state index contributed by atoms with van der Waals surface area (Å²) in [6.07, 6.45) is 0. The zero-order chi connectivity index (χ0) is 39.2. The lowest BCUT2D eigenvalue weighted by molar-refractivity contribution is 0.660. The van der Waals surface area contributed by atoms with Gasteiger partial charge in [0.05, 0.1) is 0 Å². The van der Waals surface area contributed by atoms with Gasteiger partial charge in [0.25, 0.3) is 0 Å². The Hall–Kier alpha value is -7.49. The van der Waals surface area contributed by atoms with E-state index in [9.17, 15) is 0 Å². The molecule has 1 heterocycles. The first-order valence-corrected chi connectivity index (χ1v) is 20.4. The molecule has 0 saturated carbocycles. The number of hydrogen-bond donors (Lipinski definition) is 0. The van der Waals surface area contributed by atoms with Crippen LogP contribution in [0.4, 0.5) is 0 Å².